The lowest BCUT2D eigenvalue weighted by Crippen LogP contribution is -2.50. The average molecular weight is 269 g/mol. The molecular formula is C14H27N3O2. The van der Waals surface area contributed by atoms with Crippen molar-refractivity contribution in [1.29, 1.82) is 0 Å². The Balaban J connectivity index is 2.43. The fraction of sp³-hybridized carbons (Fsp3) is 0.857. The largest absolute Gasteiger partial charge is 0.350 e. The first kappa shape index (κ1) is 15.8. The topological polar surface area (TPSA) is 61.4 Å². The smallest absolute Gasteiger partial charge is 0.318 e. The highest BCUT2D eigenvalue weighted by Gasteiger charge is 2.22. The highest BCUT2D eigenvalue weighted by atomic mass is 16.2. The molecule has 2 N–H and O–H groups in total. The molecule has 0 heterocycles. The summed E-state index contributed by atoms with van der Waals surface area (Å²) in [5.41, 5.74) is -0.265. The molecule has 3 amide bonds. The maximum Gasteiger partial charge on any atom is 0.318 e. The van der Waals surface area contributed by atoms with Crippen molar-refractivity contribution in [2.24, 2.45) is 0 Å². The molecule has 1 aliphatic rings. The molecule has 1 fully saturated rings. The van der Waals surface area contributed by atoms with E-state index in [1.807, 2.05) is 27.7 Å². The van der Waals surface area contributed by atoms with Crippen LogP contribution >= 0.6 is 0 Å². The summed E-state index contributed by atoms with van der Waals surface area (Å²) in [5, 5.41) is 5.88. The number of hydrogen-bond donors (Lipinski definition) is 2. The van der Waals surface area contributed by atoms with Gasteiger partial charge in [0, 0.05) is 18.1 Å². The van der Waals surface area contributed by atoms with E-state index in [-0.39, 0.29) is 30.1 Å². The summed E-state index contributed by atoms with van der Waals surface area (Å²) in [6.45, 7) is 8.33. The SMILES string of the molecule is CCN(CC(=O)NC(C)(C)C)C(=O)NC1CCCC1. The lowest BCUT2D eigenvalue weighted by molar-refractivity contribution is -0.123. The Hall–Kier alpha value is -1.26. The maximum atomic E-state index is 12.1. The van der Waals surface area contributed by atoms with Crippen molar-refractivity contribution in [3.8, 4) is 0 Å². The van der Waals surface area contributed by atoms with E-state index >= 15 is 0 Å². The van der Waals surface area contributed by atoms with E-state index in [1.54, 1.807) is 4.90 Å². The highest BCUT2D eigenvalue weighted by molar-refractivity contribution is 5.84. The van der Waals surface area contributed by atoms with E-state index in [4.69, 9.17) is 0 Å². The van der Waals surface area contributed by atoms with Crippen LogP contribution in [0, 0.1) is 0 Å². The average Bonchev–Trinajstić information content (AvgIpc) is 2.75. The minimum atomic E-state index is -0.265. The summed E-state index contributed by atoms with van der Waals surface area (Å²) in [4.78, 5) is 25.5. The number of likely N-dealkylation sites (N-methyl/N-ethyl adjacent to an activating group) is 1. The molecule has 0 spiro atoms. The van der Waals surface area contributed by atoms with E-state index in [9.17, 15) is 9.59 Å². The molecule has 5 heteroatoms. The van der Waals surface area contributed by atoms with Gasteiger partial charge in [0.15, 0.2) is 0 Å². The van der Waals surface area contributed by atoms with E-state index in [1.165, 1.54) is 12.8 Å². The molecule has 19 heavy (non-hydrogen) atoms. The van der Waals surface area contributed by atoms with E-state index in [2.05, 4.69) is 10.6 Å². The van der Waals surface area contributed by atoms with Gasteiger partial charge in [-0.15, -0.1) is 0 Å². The van der Waals surface area contributed by atoms with Gasteiger partial charge in [-0.25, -0.2) is 4.79 Å². The molecular weight excluding hydrogens is 242 g/mol. The van der Waals surface area contributed by atoms with Crippen LogP contribution in [0.4, 0.5) is 4.79 Å². The van der Waals surface area contributed by atoms with Crippen LogP contribution in [0.15, 0.2) is 0 Å². The summed E-state index contributed by atoms with van der Waals surface area (Å²) < 4.78 is 0. The van der Waals surface area contributed by atoms with Crippen molar-refractivity contribution in [2.75, 3.05) is 13.1 Å². The fourth-order valence-corrected chi connectivity index (χ4v) is 2.29. The number of urea groups is 1. The van der Waals surface area contributed by atoms with Gasteiger partial charge in [-0.2, -0.15) is 0 Å². The highest BCUT2D eigenvalue weighted by Crippen LogP contribution is 2.17. The predicted molar refractivity (Wildman–Crippen MR) is 75.9 cm³/mol. The molecule has 0 radical (unpaired) electrons. The van der Waals surface area contributed by atoms with Gasteiger partial charge >= 0.3 is 6.03 Å². The third-order valence-electron chi connectivity index (χ3n) is 3.20. The third kappa shape index (κ3) is 5.94. The Labute approximate surface area is 116 Å². The Morgan fingerprint density at radius 1 is 1.21 bits per heavy atom. The first-order valence-electron chi connectivity index (χ1n) is 7.18. The number of rotatable bonds is 4. The van der Waals surface area contributed by atoms with Crippen LogP contribution in [-0.2, 0) is 4.79 Å². The summed E-state index contributed by atoms with van der Waals surface area (Å²) in [6.07, 6.45) is 4.47. The molecule has 1 rings (SSSR count). The van der Waals surface area contributed by atoms with Crippen LogP contribution < -0.4 is 10.6 Å². The molecule has 0 aromatic heterocycles. The van der Waals surface area contributed by atoms with Crippen LogP contribution in [0.2, 0.25) is 0 Å². The van der Waals surface area contributed by atoms with Gasteiger partial charge < -0.3 is 15.5 Å². The molecule has 1 aliphatic carbocycles. The number of nitrogens with zero attached hydrogens (tertiary/aromatic N) is 1. The third-order valence-corrected chi connectivity index (χ3v) is 3.20. The van der Waals surface area contributed by atoms with Crippen molar-refractivity contribution in [2.45, 2.75) is 65.0 Å². The van der Waals surface area contributed by atoms with Gasteiger partial charge in [-0.1, -0.05) is 12.8 Å². The first-order valence-corrected chi connectivity index (χ1v) is 7.18. The van der Waals surface area contributed by atoms with Crippen molar-refractivity contribution in [1.82, 2.24) is 15.5 Å². The minimum Gasteiger partial charge on any atom is -0.350 e. The second-order valence-electron chi connectivity index (χ2n) is 6.24. The number of carbonyl (C=O) groups is 2. The van der Waals surface area contributed by atoms with Crippen molar-refractivity contribution >= 4 is 11.9 Å². The van der Waals surface area contributed by atoms with Crippen LogP contribution in [0.5, 0.6) is 0 Å². The lowest BCUT2D eigenvalue weighted by Gasteiger charge is -2.26. The Morgan fingerprint density at radius 2 is 1.79 bits per heavy atom. The molecule has 0 aliphatic heterocycles. The standard InChI is InChI=1S/C14H27N3O2/c1-5-17(10-12(18)16-14(2,3)4)13(19)15-11-8-6-7-9-11/h11H,5-10H2,1-4H3,(H,15,19)(H,16,18). The van der Waals surface area contributed by atoms with E-state index in [0.717, 1.165) is 12.8 Å². The van der Waals surface area contributed by atoms with Crippen molar-refractivity contribution in [3.63, 3.8) is 0 Å². The zero-order chi connectivity index (χ0) is 14.5. The predicted octanol–water partition coefficient (Wildman–Crippen LogP) is 1.88. The van der Waals surface area contributed by atoms with E-state index < -0.39 is 0 Å². The second-order valence-corrected chi connectivity index (χ2v) is 6.24. The molecule has 1 saturated carbocycles. The Morgan fingerprint density at radius 3 is 2.26 bits per heavy atom. The zero-order valence-corrected chi connectivity index (χ0v) is 12.6. The first-order chi connectivity index (χ1) is 8.81. The molecule has 0 aromatic carbocycles. The van der Waals surface area contributed by atoms with Crippen LogP contribution in [0.25, 0.3) is 0 Å². The minimum absolute atomic E-state index is 0.115. The van der Waals surface area contributed by atoms with Crippen molar-refractivity contribution in [3.05, 3.63) is 0 Å². The lowest BCUT2D eigenvalue weighted by atomic mass is 10.1. The summed E-state index contributed by atoms with van der Waals surface area (Å²) in [6, 6.07) is 0.158. The number of amides is 3. The summed E-state index contributed by atoms with van der Waals surface area (Å²) >= 11 is 0. The Bertz CT molecular complexity index is 317. The molecule has 0 atom stereocenters. The Kier molecular flexibility index (Phi) is 5.63. The number of carbonyl (C=O) groups excluding carboxylic acids is 2. The molecule has 5 nitrogen and oxygen atoms in total. The molecule has 0 bridgehead atoms. The zero-order valence-electron chi connectivity index (χ0n) is 12.6. The fourth-order valence-electron chi connectivity index (χ4n) is 2.29. The quantitative estimate of drug-likeness (QED) is 0.818. The summed E-state index contributed by atoms with van der Waals surface area (Å²) in [7, 11) is 0. The van der Waals surface area contributed by atoms with Crippen molar-refractivity contribution < 1.29 is 9.59 Å². The van der Waals surface area contributed by atoms with Crippen LogP contribution in [0.3, 0.4) is 0 Å². The van der Waals surface area contributed by atoms with Crippen LogP contribution in [-0.4, -0.2) is 41.5 Å². The van der Waals surface area contributed by atoms with Gasteiger partial charge in [0.05, 0.1) is 0 Å². The molecule has 0 unspecified atom stereocenters. The van der Waals surface area contributed by atoms with E-state index in [0.29, 0.717) is 6.54 Å². The maximum absolute atomic E-state index is 12.1. The normalized spacial score (nSPS) is 16.2. The van der Waals surface area contributed by atoms with Gasteiger partial charge in [0.25, 0.3) is 0 Å². The number of hydrogen-bond acceptors (Lipinski definition) is 2. The van der Waals surface area contributed by atoms with Crippen LogP contribution in [0.1, 0.15) is 53.4 Å². The van der Waals surface area contributed by atoms with Gasteiger partial charge in [0.1, 0.15) is 6.54 Å². The molecule has 110 valence electrons. The molecule has 0 aromatic rings. The van der Waals surface area contributed by atoms with Gasteiger partial charge in [-0.3, -0.25) is 4.79 Å². The van der Waals surface area contributed by atoms with Gasteiger partial charge in [0.2, 0.25) is 5.91 Å². The van der Waals surface area contributed by atoms with Gasteiger partial charge in [-0.05, 0) is 40.5 Å². The second kappa shape index (κ2) is 6.78. The monoisotopic (exact) mass is 269 g/mol. The summed E-state index contributed by atoms with van der Waals surface area (Å²) in [5.74, 6) is -0.115. The molecule has 0 saturated heterocycles. The number of nitrogens with one attached hydrogen (secondary N) is 2.